The van der Waals surface area contributed by atoms with Crippen molar-refractivity contribution >= 4 is 47.9 Å². The normalized spacial score (nSPS) is 13.4. The van der Waals surface area contributed by atoms with Gasteiger partial charge in [-0.3, -0.25) is 10.8 Å². The second-order valence-electron chi connectivity index (χ2n) is 5.90. The topological polar surface area (TPSA) is 106 Å². The highest BCUT2D eigenvalue weighted by molar-refractivity contribution is 5.95. The van der Waals surface area contributed by atoms with Crippen molar-refractivity contribution in [2.24, 2.45) is 11.5 Å². The number of benzene rings is 2. The van der Waals surface area contributed by atoms with Gasteiger partial charge in [-0.05, 0) is 48.5 Å². The van der Waals surface area contributed by atoms with Gasteiger partial charge >= 0.3 is 0 Å². The van der Waals surface area contributed by atoms with Crippen LogP contribution in [0.1, 0.15) is 11.1 Å². The zero-order valence-corrected chi connectivity index (χ0v) is 15.9. The van der Waals surface area contributed by atoms with Gasteiger partial charge in [-0.25, -0.2) is 0 Å². The number of nitrogens with zero attached hydrogens (tertiary/aromatic N) is 2. The van der Waals surface area contributed by atoms with Crippen molar-refractivity contribution < 1.29 is 0 Å². The first-order chi connectivity index (χ1) is 11.5. The van der Waals surface area contributed by atoms with E-state index in [0.717, 1.165) is 48.7 Å². The van der Waals surface area contributed by atoms with E-state index in [4.69, 9.17) is 22.3 Å². The molecule has 0 bridgehead atoms. The molecule has 3 rings (SSSR count). The highest BCUT2D eigenvalue weighted by atomic mass is 35.5. The number of amidine groups is 2. The average Bonchev–Trinajstić information content (AvgIpc) is 2.62. The molecule has 0 aliphatic carbocycles. The highest BCUT2D eigenvalue weighted by Crippen LogP contribution is 2.21. The standard InChI is InChI=1S/C18H22N6.2ClH/c19-17(20)13-1-5-15(6-2-13)23-9-11-24(12-10-23)16-7-3-14(4-8-16)18(21)22;;/h1-8H,9-12H2,(H3,19,20)(H3,21,22);2*1H. The molecule has 1 fully saturated rings. The lowest BCUT2D eigenvalue weighted by Gasteiger charge is -2.37. The Morgan fingerprint density at radius 1 is 0.615 bits per heavy atom. The largest absolute Gasteiger partial charge is 0.384 e. The summed E-state index contributed by atoms with van der Waals surface area (Å²) in [6.45, 7) is 3.75. The monoisotopic (exact) mass is 394 g/mol. The fourth-order valence-corrected chi connectivity index (χ4v) is 2.93. The Morgan fingerprint density at radius 3 is 1.12 bits per heavy atom. The fourth-order valence-electron chi connectivity index (χ4n) is 2.93. The first kappa shape index (κ1) is 21.6. The van der Waals surface area contributed by atoms with Gasteiger partial charge in [0, 0.05) is 48.7 Å². The lowest BCUT2D eigenvalue weighted by atomic mass is 10.1. The molecule has 0 spiro atoms. The van der Waals surface area contributed by atoms with Gasteiger partial charge in [0.1, 0.15) is 11.7 Å². The summed E-state index contributed by atoms with van der Waals surface area (Å²) in [6, 6.07) is 15.7. The van der Waals surface area contributed by atoms with Crippen LogP contribution in [0, 0.1) is 10.8 Å². The molecule has 0 saturated carbocycles. The number of hydrogen-bond donors (Lipinski definition) is 4. The summed E-state index contributed by atoms with van der Waals surface area (Å²) in [5.41, 5.74) is 14.8. The third-order valence-electron chi connectivity index (χ3n) is 4.37. The summed E-state index contributed by atoms with van der Waals surface area (Å²) < 4.78 is 0. The van der Waals surface area contributed by atoms with E-state index >= 15 is 0 Å². The van der Waals surface area contributed by atoms with E-state index in [1.165, 1.54) is 0 Å². The zero-order chi connectivity index (χ0) is 17.1. The Labute approximate surface area is 166 Å². The number of hydrogen-bond acceptors (Lipinski definition) is 4. The van der Waals surface area contributed by atoms with Crippen molar-refractivity contribution in [3.63, 3.8) is 0 Å². The van der Waals surface area contributed by atoms with Gasteiger partial charge in [-0.2, -0.15) is 0 Å². The smallest absolute Gasteiger partial charge is 0.122 e. The van der Waals surface area contributed by atoms with Crippen molar-refractivity contribution in [3.05, 3.63) is 59.7 Å². The number of piperazine rings is 1. The Bertz CT molecular complexity index is 672. The van der Waals surface area contributed by atoms with E-state index in [9.17, 15) is 0 Å². The van der Waals surface area contributed by atoms with Gasteiger partial charge in [0.2, 0.25) is 0 Å². The van der Waals surface area contributed by atoms with Crippen molar-refractivity contribution in [1.82, 2.24) is 0 Å². The van der Waals surface area contributed by atoms with Gasteiger partial charge < -0.3 is 21.3 Å². The van der Waals surface area contributed by atoms with Crippen LogP contribution in [0.3, 0.4) is 0 Å². The number of anilines is 2. The van der Waals surface area contributed by atoms with Crippen molar-refractivity contribution in [3.8, 4) is 0 Å². The Hall–Kier alpha value is -2.44. The van der Waals surface area contributed by atoms with Crippen LogP contribution in [0.2, 0.25) is 0 Å². The summed E-state index contributed by atoms with van der Waals surface area (Å²) >= 11 is 0. The van der Waals surface area contributed by atoms with E-state index in [1.807, 2.05) is 48.5 Å². The van der Waals surface area contributed by atoms with Crippen LogP contribution in [0.25, 0.3) is 0 Å². The second kappa shape index (κ2) is 9.31. The average molecular weight is 395 g/mol. The summed E-state index contributed by atoms with van der Waals surface area (Å²) in [4.78, 5) is 4.68. The number of halogens is 2. The lowest BCUT2D eigenvalue weighted by molar-refractivity contribution is 0.653. The van der Waals surface area contributed by atoms with Crippen LogP contribution in [-0.2, 0) is 0 Å². The predicted molar refractivity (Wildman–Crippen MR) is 114 cm³/mol. The summed E-state index contributed by atoms with van der Waals surface area (Å²) in [6.07, 6.45) is 0. The molecular formula is C18H24Cl2N6. The molecule has 1 heterocycles. The Kier molecular flexibility index (Phi) is 7.74. The minimum Gasteiger partial charge on any atom is -0.384 e. The van der Waals surface area contributed by atoms with E-state index in [1.54, 1.807) is 0 Å². The van der Waals surface area contributed by atoms with Gasteiger partial charge in [-0.1, -0.05) is 0 Å². The maximum atomic E-state index is 7.45. The van der Waals surface area contributed by atoms with Gasteiger partial charge in [-0.15, -0.1) is 24.8 Å². The first-order valence-electron chi connectivity index (χ1n) is 7.93. The molecule has 0 aromatic heterocycles. The second-order valence-corrected chi connectivity index (χ2v) is 5.90. The van der Waals surface area contributed by atoms with Crippen LogP contribution in [0.15, 0.2) is 48.5 Å². The summed E-state index contributed by atoms with van der Waals surface area (Å²) in [5.74, 6) is 0.195. The molecule has 1 aliphatic heterocycles. The van der Waals surface area contributed by atoms with Gasteiger partial charge in [0.05, 0.1) is 0 Å². The van der Waals surface area contributed by atoms with Gasteiger partial charge in [0.15, 0.2) is 0 Å². The van der Waals surface area contributed by atoms with E-state index in [0.29, 0.717) is 0 Å². The number of rotatable bonds is 4. The third kappa shape index (κ3) is 4.80. The predicted octanol–water partition coefficient (Wildman–Crippen LogP) is 2.42. The molecular weight excluding hydrogens is 371 g/mol. The van der Waals surface area contributed by atoms with Crippen LogP contribution >= 0.6 is 24.8 Å². The molecule has 26 heavy (non-hydrogen) atoms. The van der Waals surface area contributed by atoms with Crippen LogP contribution in [0.5, 0.6) is 0 Å². The summed E-state index contributed by atoms with van der Waals surface area (Å²) in [7, 11) is 0. The van der Waals surface area contributed by atoms with Crippen LogP contribution < -0.4 is 21.3 Å². The maximum Gasteiger partial charge on any atom is 0.122 e. The Morgan fingerprint density at radius 2 is 0.885 bits per heavy atom. The van der Waals surface area contributed by atoms with E-state index in [-0.39, 0.29) is 36.5 Å². The maximum absolute atomic E-state index is 7.45. The molecule has 1 saturated heterocycles. The minimum atomic E-state index is 0. The quantitative estimate of drug-likeness (QED) is 0.471. The van der Waals surface area contributed by atoms with Gasteiger partial charge in [0.25, 0.3) is 0 Å². The van der Waals surface area contributed by atoms with Crippen molar-refractivity contribution in [1.29, 1.82) is 10.8 Å². The number of nitrogens with one attached hydrogen (secondary N) is 2. The van der Waals surface area contributed by atoms with Crippen LogP contribution in [0.4, 0.5) is 11.4 Å². The molecule has 1 aliphatic rings. The molecule has 0 atom stereocenters. The molecule has 2 aromatic carbocycles. The zero-order valence-electron chi connectivity index (χ0n) is 14.3. The SMILES string of the molecule is Cl.Cl.N=C(N)c1ccc(N2CCN(c3ccc(C(=N)N)cc3)CC2)cc1. The molecule has 0 unspecified atom stereocenters. The van der Waals surface area contributed by atoms with Crippen molar-refractivity contribution in [2.75, 3.05) is 36.0 Å². The third-order valence-corrected chi connectivity index (χ3v) is 4.37. The first-order valence-corrected chi connectivity index (χ1v) is 7.93. The number of nitrogen functional groups attached to an aromatic ring is 2. The van der Waals surface area contributed by atoms with E-state index in [2.05, 4.69) is 9.80 Å². The van der Waals surface area contributed by atoms with E-state index < -0.39 is 0 Å². The molecule has 2 aromatic rings. The molecule has 0 radical (unpaired) electrons. The highest BCUT2D eigenvalue weighted by Gasteiger charge is 2.17. The summed E-state index contributed by atoms with van der Waals surface area (Å²) in [5, 5.41) is 14.9. The Balaban J connectivity index is 0.00000169. The minimum absolute atomic E-state index is 0. The number of nitrogens with two attached hydrogens (primary N) is 2. The molecule has 0 amide bonds. The molecule has 6 N–H and O–H groups in total. The molecule has 6 nitrogen and oxygen atoms in total. The molecule has 140 valence electrons. The molecule has 8 heteroatoms. The lowest BCUT2D eigenvalue weighted by Crippen LogP contribution is -2.46. The fraction of sp³-hybridized carbons (Fsp3) is 0.222. The van der Waals surface area contributed by atoms with Crippen LogP contribution in [-0.4, -0.2) is 37.9 Å². The van der Waals surface area contributed by atoms with Crippen molar-refractivity contribution in [2.45, 2.75) is 0 Å².